The SMILES string of the molecule is CCCn1c(-c2ccc(Cl)cc2)nn(CN2CCN(c3nccs3)CC2)c1=S. The highest BCUT2D eigenvalue weighted by Crippen LogP contribution is 2.22. The molecular weight excluding hydrogens is 412 g/mol. The summed E-state index contributed by atoms with van der Waals surface area (Å²) in [7, 11) is 0. The van der Waals surface area contributed by atoms with Gasteiger partial charge in [-0.25, -0.2) is 9.67 Å². The maximum Gasteiger partial charge on any atom is 0.199 e. The largest absolute Gasteiger partial charge is 0.346 e. The Hall–Kier alpha value is -1.74. The van der Waals surface area contributed by atoms with E-state index in [1.165, 1.54) is 0 Å². The van der Waals surface area contributed by atoms with Gasteiger partial charge in [-0.05, 0) is 42.9 Å². The first-order valence-electron chi connectivity index (χ1n) is 9.46. The zero-order chi connectivity index (χ0) is 19.5. The molecule has 0 atom stereocenters. The monoisotopic (exact) mass is 434 g/mol. The topological polar surface area (TPSA) is 42.1 Å². The van der Waals surface area contributed by atoms with Gasteiger partial charge in [-0.3, -0.25) is 9.47 Å². The lowest BCUT2D eigenvalue weighted by Gasteiger charge is -2.34. The second kappa shape index (κ2) is 8.73. The highest BCUT2D eigenvalue weighted by atomic mass is 35.5. The fraction of sp³-hybridized carbons (Fsp3) is 0.421. The number of hydrogen-bond acceptors (Lipinski definition) is 6. The molecule has 0 N–H and O–H groups in total. The molecule has 2 aromatic heterocycles. The van der Waals surface area contributed by atoms with Gasteiger partial charge in [0, 0.05) is 54.9 Å². The van der Waals surface area contributed by atoms with Crippen molar-refractivity contribution in [2.24, 2.45) is 0 Å². The van der Waals surface area contributed by atoms with Crippen molar-refractivity contribution in [3.05, 3.63) is 45.6 Å². The zero-order valence-corrected chi connectivity index (χ0v) is 18.2. The maximum atomic E-state index is 6.05. The fourth-order valence-corrected chi connectivity index (χ4v) is 4.51. The minimum atomic E-state index is 0.710. The van der Waals surface area contributed by atoms with Crippen LogP contribution in [0.15, 0.2) is 35.8 Å². The van der Waals surface area contributed by atoms with E-state index in [0.29, 0.717) is 6.67 Å². The summed E-state index contributed by atoms with van der Waals surface area (Å²) in [6.45, 7) is 7.61. The first-order valence-corrected chi connectivity index (χ1v) is 11.1. The summed E-state index contributed by atoms with van der Waals surface area (Å²) < 4.78 is 4.85. The molecule has 0 spiro atoms. The van der Waals surface area contributed by atoms with Crippen LogP contribution in [0.25, 0.3) is 11.4 Å². The van der Waals surface area contributed by atoms with E-state index in [4.69, 9.17) is 28.9 Å². The normalized spacial score (nSPS) is 15.3. The van der Waals surface area contributed by atoms with E-state index in [9.17, 15) is 0 Å². The average Bonchev–Trinajstić information content (AvgIpc) is 3.34. The number of rotatable bonds is 6. The highest BCUT2D eigenvalue weighted by Gasteiger charge is 2.20. The van der Waals surface area contributed by atoms with Gasteiger partial charge in [0.2, 0.25) is 0 Å². The van der Waals surface area contributed by atoms with Crippen LogP contribution < -0.4 is 4.90 Å². The Morgan fingerprint density at radius 1 is 1.14 bits per heavy atom. The number of hydrogen-bond donors (Lipinski definition) is 0. The van der Waals surface area contributed by atoms with E-state index in [1.807, 2.05) is 40.5 Å². The summed E-state index contributed by atoms with van der Waals surface area (Å²) in [5.74, 6) is 0.907. The number of aromatic nitrogens is 4. The van der Waals surface area contributed by atoms with Gasteiger partial charge in [0.1, 0.15) is 0 Å². The molecule has 1 aliphatic heterocycles. The van der Waals surface area contributed by atoms with Crippen LogP contribution in [0.5, 0.6) is 0 Å². The average molecular weight is 435 g/mol. The van der Waals surface area contributed by atoms with Crippen molar-refractivity contribution in [2.45, 2.75) is 26.6 Å². The van der Waals surface area contributed by atoms with E-state index >= 15 is 0 Å². The summed E-state index contributed by atoms with van der Waals surface area (Å²) in [5, 5.41) is 8.71. The van der Waals surface area contributed by atoms with Crippen molar-refractivity contribution in [3.63, 3.8) is 0 Å². The standard InChI is InChI=1S/C19H23ClN6S2/c1-2-8-25-17(15-3-5-16(20)6-4-15)22-26(19(25)27)14-23-9-11-24(12-10-23)18-21-7-13-28-18/h3-7,13H,2,8-12,14H2,1H3. The quantitative estimate of drug-likeness (QED) is 0.538. The Morgan fingerprint density at radius 3 is 2.54 bits per heavy atom. The molecule has 28 heavy (non-hydrogen) atoms. The lowest BCUT2D eigenvalue weighted by Crippen LogP contribution is -2.46. The molecule has 0 bridgehead atoms. The fourth-order valence-electron chi connectivity index (χ4n) is 3.41. The third kappa shape index (κ3) is 4.15. The Kier molecular flexibility index (Phi) is 6.10. The molecule has 3 aromatic rings. The van der Waals surface area contributed by atoms with Crippen LogP contribution in [0.4, 0.5) is 5.13 Å². The van der Waals surface area contributed by atoms with Crippen molar-refractivity contribution >= 4 is 40.3 Å². The lowest BCUT2D eigenvalue weighted by molar-refractivity contribution is 0.194. The van der Waals surface area contributed by atoms with Gasteiger partial charge < -0.3 is 4.90 Å². The van der Waals surface area contributed by atoms with Crippen LogP contribution >= 0.6 is 35.2 Å². The number of piperazine rings is 1. The first-order chi connectivity index (χ1) is 13.7. The summed E-state index contributed by atoms with van der Waals surface area (Å²) >= 11 is 13.5. The Bertz CT molecular complexity index is 955. The number of halogens is 1. The molecule has 6 nitrogen and oxygen atoms in total. The first kappa shape index (κ1) is 19.6. The van der Waals surface area contributed by atoms with Crippen LogP contribution in [0.2, 0.25) is 5.02 Å². The van der Waals surface area contributed by atoms with Gasteiger partial charge in [-0.15, -0.1) is 11.3 Å². The summed E-state index contributed by atoms with van der Waals surface area (Å²) in [4.78, 5) is 9.16. The maximum absolute atomic E-state index is 6.05. The molecule has 1 aromatic carbocycles. The van der Waals surface area contributed by atoms with Crippen LogP contribution in [-0.2, 0) is 13.2 Å². The Labute approximate surface area is 179 Å². The van der Waals surface area contributed by atoms with E-state index in [0.717, 1.165) is 65.5 Å². The van der Waals surface area contributed by atoms with E-state index in [-0.39, 0.29) is 0 Å². The van der Waals surface area contributed by atoms with Crippen molar-refractivity contribution in [1.82, 2.24) is 24.2 Å². The van der Waals surface area contributed by atoms with E-state index in [2.05, 4.69) is 26.3 Å². The summed E-state index contributed by atoms with van der Waals surface area (Å²) in [5.41, 5.74) is 1.04. The summed E-state index contributed by atoms with van der Waals surface area (Å²) in [6, 6.07) is 7.80. The minimum Gasteiger partial charge on any atom is -0.346 e. The van der Waals surface area contributed by atoms with Gasteiger partial charge in [-0.1, -0.05) is 18.5 Å². The van der Waals surface area contributed by atoms with Crippen molar-refractivity contribution in [3.8, 4) is 11.4 Å². The van der Waals surface area contributed by atoms with E-state index < -0.39 is 0 Å². The highest BCUT2D eigenvalue weighted by molar-refractivity contribution is 7.71. The van der Waals surface area contributed by atoms with Crippen LogP contribution in [0, 0.1) is 4.77 Å². The predicted octanol–water partition coefficient (Wildman–Crippen LogP) is 4.38. The second-order valence-corrected chi connectivity index (χ2v) is 8.50. The minimum absolute atomic E-state index is 0.710. The molecule has 0 saturated carbocycles. The second-order valence-electron chi connectivity index (χ2n) is 6.83. The molecule has 1 fully saturated rings. The van der Waals surface area contributed by atoms with E-state index in [1.54, 1.807) is 11.3 Å². The molecule has 0 aliphatic carbocycles. The number of thiazole rings is 1. The zero-order valence-electron chi connectivity index (χ0n) is 15.8. The summed E-state index contributed by atoms with van der Waals surface area (Å²) in [6.07, 6.45) is 2.87. The van der Waals surface area contributed by atoms with Crippen molar-refractivity contribution in [1.29, 1.82) is 0 Å². The van der Waals surface area contributed by atoms with Gasteiger partial charge >= 0.3 is 0 Å². The third-order valence-corrected chi connectivity index (χ3v) is 6.38. The van der Waals surface area contributed by atoms with Gasteiger partial charge in [0.15, 0.2) is 15.7 Å². The molecule has 148 valence electrons. The number of benzene rings is 1. The molecule has 0 unspecified atom stereocenters. The van der Waals surface area contributed by atoms with Crippen LogP contribution in [0.3, 0.4) is 0 Å². The molecular formula is C19H23ClN6S2. The Balaban J connectivity index is 1.51. The molecule has 3 heterocycles. The smallest absolute Gasteiger partial charge is 0.199 e. The number of anilines is 1. The predicted molar refractivity (Wildman–Crippen MR) is 118 cm³/mol. The van der Waals surface area contributed by atoms with Gasteiger partial charge in [0.25, 0.3) is 0 Å². The van der Waals surface area contributed by atoms with Crippen molar-refractivity contribution < 1.29 is 0 Å². The molecule has 9 heteroatoms. The molecule has 0 radical (unpaired) electrons. The van der Waals surface area contributed by atoms with Crippen LogP contribution in [-0.4, -0.2) is 50.4 Å². The molecule has 1 aliphatic rings. The van der Waals surface area contributed by atoms with Gasteiger partial charge in [-0.2, -0.15) is 5.10 Å². The number of nitrogens with zero attached hydrogens (tertiary/aromatic N) is 6. The van der Waals surface area contributed by atoms with Gasteiger partial charge in [0.05, 0.1) is 6.67 Å². The molecule has 4 rings (SSSR count). The van der Waals surface area contributed by atoms with Crippen molar-refractivity contribution in [2.75, 3.05) is 31.1 Å². The molecule has 0 amide bonds. The van der Waals surface area contributed by atoms with Crippen LogP contribution in [0.1, 0.15) is 13.3 Å². The third-order valence-electron chi connectivity index (χ3n) is 4.87. The molecule has 1 saturated heterocycles. The lowest BCUT2D eigenvalue weighted by atomic mass is 10.2. The Morgan fingerprint density at radius 2 is 1.89 bits per heavy atom.